The van der Waals surface area contributed by atoms with Crippen molar-refractivity contribution in [3.05, 3.63) is 34.4 Å². The zero-order valence-electron chi connectivity index (χ0n) is 7.98. The predicted octanol–water partition coefficient (Wildman–Crippen LogP) is 0.744. The number of rotatable bonds is 2. The molecule has 2 rings (SSSR count). The molecule has 1 heterocycles. The number of benzene rings is 1. The molecule has 1 aromatic heterocycles. The van der Waals surface area contributed by atoms with E-state index in [1.807, 2.05) is 0 Å². The maximum Gasteiger partial charge on any atom is 0.259 e. The van der Waals surface area contributed by atoms with Gasteiger partial charge in [-0.3, -0.25) is 9.59 Å². The summed E-state index contributed by atoms with van der Waals surface area (Å²) in [6.45, 7) is 0. The Balaban J connectivity index is 2.91. The summed E-state index contributed by atoms with van der Waals surface area (Å²) in [4.78, 5) is 28.4. The van der Waals surface area contributed by atoms with Crippen molar-refractivity contribution in [2.24, 2.45) is 0 Å². The SMILES string of the molecule is COc1cccc2c(=O)[nH]c(C=O)nc12. The molecule has 0 atom stereocenters. The quantitative estimate of drug-likeness (QED) is 0.732. The number of ether oxygens (including phenoxy) is 1. The maximum atomic E-state index is 11.5. The van der Waals surface area contributed by atoms with Crippen LogP contribution in [-0.2, 0) is 0 Å². The number of aldehydes is 1. The van der Waals surface area contributed by atoms with Crippen LogP contribution in [0.2, 0.25) is 0 Å². The molecule has 0 aliphatic carbocycles. The van der Waals surface area contributed by atoms with Crippen LogP contribution in [0.25, 0.3) is 10.9 Å². The average molecular weight is 204 g/mol. The Morgan fingerprint density at radius 2 is 2.27 bits per heavy atom. The maximum absolute atomic E-state index is 11.5. The van der Waals surface area contributed by atoms with Gasteiger partial charge < -0.3 is 9.72 Å². The number of hydrogen-bond acceptors (Lipinski definition) is 4. The van der Waals surface area contributed by atoms with E-state index in [-0.39, 0.29) is 11.4 Å². The third kappa shape index (κ3) is 1.48. The summed E-state index contributed by atoms with van der Waals surface area (Å²) in [6, 6.07) is 5.00. The van der Waals surface area contributed by atoms with Crippen LogP contribution in [0.1, 0.15) is 10.6 Å². The molecule has 0 saturated carbocycles. The van der Waals surface area contributed by atoms with Crippen LogP contribution in [0, 0.1) is 0 Å². The topological polar surface area (TPSA) is 72.1 Å². The Labute approximate surface area is 84.7 Å². The lowest BCUT2D eigenvalue weighted by molar-refractivity contribution is 0.111. The number of aromatic amines is 1. The third-order valence-corrected chi connectivity index (χ3v) is 2.05. The van der Waals surface area contributed by atoms with E-state index in [2.05, 4.69) is 9.97 Å². The van der Waals surface area contributed by atoms with E-state index >= 15 is 0 Å². The molecule has 0 radical (unpaired) electrons. The molecule has 0 bridgehead atoms. The molecule has 1 aromatic carbocycles. The van der Waals surface area contributed by atoms with Crippen molar-refractivity contribution in [1.82, 2.24) is 9.97 Å². The molecular formula is C10H8N2O3. The van der Waals surface area contributed by atoms with Crippen molar-refractivity contribution < 1.29 is 9.53 Å². The summed E-state index contributed by atoms with van der Waals surface area (Å²) in [6.07, 6.45) is 0.493. The Bertz CT molecular complexity index is 574. The molecule has 0 saturated heterocycles. The van der Waals surface area contributed by atoms with Crippen molar-refractivity contribution in [3.63, 3.8) is 0 Å². The second-order valence-corrected chi connectivity index (χ2v) is 2.93. The summed E-state index contributed by atoms with van der Waals surface area (Å²) < 4.78 is 5.05. The minimum atomic E-state index is -0.346. The van der Waals surface area contributed by atoms with Crippen LogP contribution < -0.4 is 10.3 Å². The largest absolute Gasteiger partial charge is 0.494 e. The number of carbonyl (C=O) groups is 1. The average Bonchev–Trinajstić information content (AvgIpc) is 2.28. The number of carbonyl (C=O) groups excluding carboxylic acids is 1. The minimum Gasteiger partial charge on any atom is -0.494 e. The van der Waals surface area contributed by atoms with Gasteiger partial charge in [-0.1, -0.05) is 6.07 Å². The van der Waals surface area contributed by atoms with Gasteiger partial charge in [0.05, 0.1) is 12.5 Å². The van der Waals surface area contributed by atoms with E-state index in [1.165, 1.54) is 7.11 Å². The van der Waals surface area contributed by atoms with Gasteiger partial charge >= 0.3 is 0 Å². The fraction of sp³-hybridized carbons (Fsp3) is 0.100. The molecule has 2 aromatic rings. The molecule has 0 aliphatic rings. The molecule has 0 fully saturated rings. The van der Waals surface area contributed by atoms with Gasteiger partial charge in [0.2, 0.25) is 0 Å². The van der Waals surface area contributed by atoms with Crippen molar-refractivity contribution >= 4 is 17.2 Å². The highest BCUT2D eigenvalue weighted by molar-refractivity contribution is 5.85. The van der Waals surface area contributed by atoms with E-state index in [4.69, 9.17) is 4.74 Å². The fourth-order valence-corrected chi connectivity index (χ4v) is 1.37. The van der Waals surface area contributed by atoms with Crippen LogP contribution in [0.3, 0.4) is 0 Å². The minimum absolute atomic E-state index is 0.00278. The van der Waals surface area contributed by atoms with E-state index in [1.54, 1.807) is 18.2 Å². The van der Waals surface area contributed by atoms with Crippen molar-refractivity contribution in [3.8, 4) is 5.75 Å². The molecule has 1 N–H and O–H groups in total. The summed E-state index contributed by atoms with van der Waals surface area (Å²) in [5.74, 6) is 0.471. The monoisotopic (exact) mass is 204 g/mol. The second kappa shape index (κ2) is 3.53. The number of hydrogen-bond donors (Lipinski definition) is 1. The molecule has 76 valence electrons. The lowest BCUT2D eigenvalue weighted by Gasteiger charge is -2.03. The smallest absolute Gasteiger partial charge is 0.259 e. The first kappa shape index (κ1) is 9.39. The summed E-state index contributed by atoms with van der Waals surface area (Å²) in [5, 5.41) is 0.403. The standard InChI is InChI=1S/C10H8N2O3/c1-15-7-4-2-3-6-9(7)11-8(5-13)12-10(6)14/h2-5H,1H3,(H,11,12,14). The highest BCUT2D eigenvalue weighted by Gasteiger charge is 2.07. The van der Waals surface area contributed by atoms with Crippen LogP contribution in [-0.4, -0.2) is 23.4 Å². The van der Waals surface area contributed by atoms with E-state index < -0.39 is 0 Å². The fourth-order valence-electron chi connectivity index (χ4n) is 1.37. The van der Waals surface area contributed by atoms with E-state index in [9.17, 15) is 9.59 Å². The predicted molar refractivity (Wildman–Crippen MR) is 54.3 cm³/mol. The number of methoxy groups -OCH3 is 1. The van der Waals surface area contributed by atoms with Gasteiger partial charge in [0, 0.05) is 0 Å². The first-order chi connectivity index (χ1) is 7.26. The second-order valence-electron chi connectivity index (χ2n) is 2.93. The Morgan fingerprint density at radius 3 is 2.93 bits per heavy atom. The van der Waals surface area contributed by atoms with Crippen LogP contribution in [0.4, 0.5) is 0 Å². The van der Waals surface area contributed by atoms with E-state index in [0.29, 0.717) is 22.9 Å². The highest BCUT2D eigenvalue weighted by Crippen LogP contribution is 2.19. The molecular weight excluding hydrogens is 196 g/mol. The first-order valence-electron chi connectivity index (χ1n) is 4.28. The lowest BCUT2D eigenvalue weighted by atomic mass is 10.2. The number of aromatic nitrogens is 2. The molecule has 5 nitrogen and oxygen atoms in total. The van der Waals surface area contributed by atoms with Gasteiger partial charge in [0.1, 0.15) is 11.3 Å². The van der Waals surface area contributed by atoms with E-state index in [0.717, 1.165) is 0 Å². The van der Waals surface area contributed by atoms with Gasteiger partial charge in [-0.05, 0) is 12.1 Å². The third-order valence-electron chi connectivity index (χ3n) is 2.05. The number of nitrogens with one attached hydrogen (secondary N) is 1. The zero-order valence-corrected chi connectivity index (χ0v) is 7.98. The van der Waals surface area contributed by atoms with Crippen molar-refractivity contribution in [2.75, 3.05) is 7.11 Å². The highest BCUT2D eigenvalue weighted by atomic mass is 16.5. The van der Waals surface area contributed by atoms with Crippen LogP contribution in [0.5, 0.6) is 5.75 Å². The van der Waals surface area contributed by atoms with Gasteiger partial charge in [-0.2, -0.15) is 0 Å². The number of fused-ring (bicyclic) bond motifs is 1. The molecule has 15 heavy (non-hydrogen) atoms. The normalized spacial score (nSPS) is 10.2. The molecule has 0 aliphatic heterocycles. The number of nitrogens with zero attached hydrogens (tertiary/aromatic N) is 1. The first-order valence-corrected chi connectivity index (χ1v) is 4.28. The molecule has 5 heteroatoms. The van der Waals surface area contributed by atoms with Gasteiger partial charge in [-0.25, -0.2) is 4.98 Å². The Morgan fingerprint density at radius 1 is 1.47 bits per heavy atom. The van der Waals surface area contributed by atoms with Gasteiger partial charge in [-0.15, -0.1) is 0 Å². The molecule has 0 unspecified atom stereocenters. The number of para-hydroxylation sites is 1. The van der Waals surface area contributed by atoms with Crippen LogP contribution in [0.15, 0.2) is 23.0 Å². The summed E-state index contributed by atoms with van der Waals surface area (Å²) in [5.41, 5.74) is 0.0480. The Hall–Kier alpha value is -2.17. The summed E-state index contributed by atoms with van der Waals surface area (Å²) >= 11 is 0. The molecule has 0 amide bonds. The molecule has 0 spiro atoms. The van der Waals surface area contributed by atoms with Gasteiger partial charge in [0.25, 0.3) is 5.56 Å². The zero-order chi connectivity index (χ0) is 10.8. The lowest BCUT2D eigenvalue weighted by Crippen LogP contribution is -2.11. The van der Waals surface area contributed by atoms with Crippen LogP contribution >= 0.6 is 0 Å². The van der Waals surface area contributed by atoms with Crippen molar-refractivity contribution in [2.45, 2.75) is 0 Å². The van der Waals surface area contributed by atoms with Gasteiger partial charge in [0.15, 0.2) is 12.1 Å². The van der Waals surface area contributed by atoms with Crippen molar-refractivity contribution in [1.29, 1.82) is 0 Å². The Kier molecular flexibility index (Phi) is 2.21. The summed E-state index contributed by atoms with van der Waals surface area (Å²) in [7, 11) is 1.48. The number of H-pyrrole nitrogens is 1.